The molecule has 3 aliphatic rings. The van der Waals surface area contributed by atoms with Crippen molar-refractivity contribution in [3.8, 4) is 0 Å². The predicted octanol–water partition coefficient (Wildman–Crippen LogP) is 1.99. The number of aromatic nitrogens is 2. The third-order valence-electron chi connectivity index (χ3n) is 5.38. The fraction of sp³-hybridized carbons (Fsp3) is 0.300. The zero-order chi connectivity index (χ0) is 18.5. The molecule has 2 aromatic heterocycles. The van der Waals surface area contributed by atoms with Gasteiger partial charge in [-0.1, -0.05) is 18.2 Å². The SMILES string of the molecule is Cc1nccc(N2CC3CC(C2)N3C(=O)c2cc3ccccc3oc2=O)n1. The molecule has 2 atom stereocenters. The zero-order valence-corrected chi connectivity index (χ0v) is 14.8. The summed E-state index contributed by atoms with van der Waals surface area (Å²) in [6.45, 7) is 3.28. The van der Waals surface area contributed by atoms with Crippen molar-refractivity contribution in [2.75, 3.05) is 18.0 Å². The fourth-order valence-electron chi connectivity index (χ4n) is 4.10. The highest BCUT2D eigenvalue weighted by molar-refractivity contribution is 5.97. The molecule has 5 heterocycles. The average Bonchev–Trinajstić information content (AvgIpc) is 2.67. The van der Waals surface area contributed by atoms with Gasteiger partial charge in [0.25, 0.3) is 5.91 Å². The summed E-state index contributed by atoms with van der Waals surface area (Å²) in [5.74, 6) is 1.37. The highest BCUT2D eigenvalue weighted by Gasteiger charge is 2.48. The number of hydrogen-bond acceptors (Lipinski definition) is 6. The number of rotatable bonds is 2. The second-order valence-corrected chi connectivity index (χ2v) is 7.11. The van der Waals surface area contributed by atoms with E-state index < -0.39 is 5.63 Å². The Bertz CT molecular complexity index is 1100. The number of aryl methyl sites for hydroxylation is 1. The van der Waals surface area contributed by atoms with Crippen LogP contribution in [0.1, 0.15) is 22.6 Å². The summed E-state index contributed by atoms with van der Waals surface area (Å²) in [4.78, 5) is 38.0. The molecule has 1 amide bonds. The van der Waals surface area contributed by atoms with E-state index in [0.717, 1.165) is 23.4 Å². The Labute approximate surface area is 155 Å². The summed E-state index contributed by atoms with van der Waals surface area (Å²) in [5, 5.41) is 0.754. The third-order valence-corrected chi connectivity index (χ3v) is 5.38. The number of piperidine rings is 1. The maximum absolute atomic E-state index is 13.0. The Morgan fingerprint density at radius 2 is 1.96 bits per heavy atom. The van der Waals surface area contributed by atoms with Crippen molar-refractivity contribution in [2.45, 2.75) is 25.4 Å². The normalized spacial score (nSPS) is 21.2. The van der Waals surface area contributed by atoms with Crippen molar-refractivity contribution in [1.29, 1.82) is 0 Å². The van der Waals surface area contributed by atoms with Crippen LogP contribution in [-0.4, -0.2) is 45.9 Å². The Kier molecular flexibility index (Phi) is 3.50. The molecule has 3 aromatic rings. The molecule has 136 valence electrons. The number of nitrogens with zero attached hydrogens (tertiary/aromatic N) is 4. The van der Waals surface area contributed by atoms with Crippen molar-refractivity contribution < 1.29 is 9.21 Å². The van der Waals surface area contributed by atoms with Gasteiger partial charge in [-0.15, -0.1) is 0 Å². The summed E-state index contributed by atoms with van der Waals surface area (Å²) >= 11 is 0. The molecule has 2 bridgehead atoms. The molecule has 3 fully saturated rings. The van der Waals surface area contributed by atoms with Crippen LogP contribution in [0.5, 0.6) is 0 Å². The molecule has 6 rings (SSSR count). The molecule has 0 aliphatic carbocycles. The number of para-hydroxylation sites is 1. The van der Waals surface area contributed by atoms with Crippen LogP contribution in [0.4, 0.5) is 5.82 Å². The lowest BCUT2D eigenvalue weighted by Crippen LogP contribution is -2.70. The van der Waals surface area contributed by atoms with Gasteiger partial charge in [0.2, 0.25) is 0 Å². The van der Waals surface area contributed by atoms with Crippen LogP contribution in [-0.2, 0) is 0 Å². The maximum Gasteiger partial charge on any atom is 0.349 e. The molecule has 2 unspecified atom stereocenters. The van der Waals surface area contributed by atoms with Gasteiger partial charge in [-0.3, -0.25) is 4.79 Å². The molecular weight excluding hydrogens is 344 g/mol. The highest BCUT2D eigenvalue weighted by Crippen LogP contribution is 2.35. The molecule has 0 spiro atoms. The number of anilines is 1. The first-order valence-electron chi connectivity index (χ1n) is 9.00. The smallest absolute Gasteiger partial charge is 0.349 e. The predicted molar refractivity (Wildman–Crippen MR) is 99.8 cm³/mol. The van der Waals surface area contributed by atoms with Gasteiger partial charge in [-0.2, -0.15) is 0 Å². The molecule has 0 saturated carbocycles. The lowest BCUT2D eigenvalue weighted by atomic mass is 9.86. The van der Waals surface area contributed by atoms with Crippen LogP contribution in [0.2, 0.25) is 0 Å². The minimum absolute atomic E-state index is 0.0809. The van der Waals surface area contributed by atoms with E-state index in [-0.39, 0.29) is 23.6 Å². The minimum Gasteiger partial charge on any atom is -0.422 e. The van der Waals surface area contributed by atoms with E-state index in [1.54, 1.807) is 24.4 Å². The van der Waals surface area contributed by atoms with Crippen molar-refractivity contribution in [2.24, 2.45) is 0 Å². The van der Waals surface area contributed by atoms with Crippen LogP contribution >= 0.6 is 0 Å². The first-order valence-corrected chi connectivity index (χ1v) is 9.00. The molecular formula is C20H18N4O3. The lowest BCUT2D eigenvalue weighted by Gasteiger charge is -2.56. The highest BCUT2D eigenvalue weighted by atomic mass is 16.4. The first kappa shape index (κ1) is 16.0. The molecule has 3 saturated heterocycles. The van der Waals surface area contributed by atoms with Gasteiger partial charge in [0, 0.05) is 24.7 Å². The van der Waals surface area contributed by atoms with E-state index in [9.17, 15) is 9.59 Å². The fourth-order valence-corrected chi connectivity index (χ4v) is 4.10. The number of amides is 1. The van der Waals surface area contributed by atoms with Crippen LogP contribution in [0.15, 0.2) is 51.8 Å². The summed E-state index contributed by atoms with van der Waals surface area (Å²) in [6.07, 6.45) is 2.70. The van der Waals surface area contributed by atoms with E-state index in [1.807, 2.05) is 30.0 Å². The van der Waals surface area contributed by atoms with E-state index in [1.165, 1.54) is 0 Å². The van der Waals surface area contributed by atoms with Crippen LogP contribution in [0.25, 0.3) is 11.0 Å². The van der Waals surface area contributed by atoms with Crippen LogP contribution in [0.3, 0.4) is 0 Å². The van der Waals surface area contributed by atoms with Gasteiger partial charge in [0.05, 0.1) is 12.1 Å². The molecule has 7 nitrogen and oxygen atoms in total. The first-order chi connectivity index (χ1) is 13.1. The Hall–Kier alpha value is -3.22. The average molecular weight is 362 g/mol. The summed E-state index contributed by atoms with van der Waals surface area (Å²) in [6, 6.07) is 10.9. The number of fused-ring (bicyclic) bond motifs is 3. The van der Waals surface area contributed by atoms with Gasteiger partial charge in [0.15, 0.2) is 0 Å². The Morgan fingerprint density at radius 1 is 1.19 bits per heavy atom. The monoisotopic (exact) mass is 362 g/mol. The van der Waals surface area contributed by atoms with Gasteiger partial charge in [-0.05, 0) is 31.5 Å². The quantitative estimate of drug-likeness (QED) is 0.649. The van der Waals surface area contributed by atoms with E-state index in [4.69, 9.17) is 4.42 Å². The van der Waals surface area contributed by atoms with Gasteiger partial charge >= 0.3 is 5.63 Å². The zero-order valence-electron chi connectivity index (χ0n) is 14.8. The van der Waals surface area contributed by atoms with Gasteiger partial charge < -0.3 is 14.2 Å². The van der Waals surface area contributed by atoms with Crippen molar-refractivity contribution in [1.82, 2.24) is 14.9 Å². The Balaban J connectivity index is 1.40. The number of piperazine rings is 1. The Morgan fingerprint density at radius 3 is 2.74 bits per heavy atom. The van der Waals surface area contributed by atoms with Crippen molar-refractivity contribution in [3.05, 3.63) is 64.4 Å². The maximum atomic E-state index is 13.0. The second-order valence-electron chi connectivity index (χ2n) is 7.11. The molecule has 3 aliphatic heterocycles. The molecule has 0 N–H and O–H groups in total. The van der Waals surface area contributed by atoms with Crippen molar-refractivity contribution >= 4 is 22.7 Å². The van der Waals surface area contributed by atoms with Crippen molar-refractivity contribution in [3.63, 3.8) is 0 Å². The summed E-state index contributed by atoms with van der Waals surface area (Å²) in [7, 11) is 0. The topological polar surface area (TPSA) is 79.5 Å². The lowest BCUT2D eigenvalue weighted by molar-refractivity contribution is 0.00542. The van der Waals surface area contributed by atoms with Crippen LogP contribution < -0.4 is 10.5 Å². The number of carbonyl (C=O) groups excluding carboxylic acids is 1. The molecule has 0 radical (unpaired) electrons. The number of carbonyl (C=O) groups is 1. The van der Waals surface area contributed by atoms with E-state index in [2.05, 4.69) is 14.9 Å². The number of benzene rings is 1. The second kappa shape index (κ2) is 5.90. The molecule has 1 aromatic carbocycles. The summed E-state index contributed by atoms with van der Waals surface area (Å²) in [5.41, 5.74) is 0.0230. The molecule has 27 heavy (non-hydrogen) atoms. The largest absolute Gasteiger partial charge is 0.422 e. The standard InChI is InChI=1S/C20H18N4O3/c1-12-21-7-6-18(22-12)23-10-14-9-15(11-23)24(14)19(25)16-8-13-4-2-3-5-17(13)27-20(16)26/h2-8,14-15H,9-11H2,1H3. The van der Waals surface area contributed by atoms with Gasteiger partial charge in [-0.25, -0.2) is 14.8 Å². The van der Waals surface area contributed by atoms with E-state index in [0.29, 0.717) is 18.7 Å². The van der Waals surface area contributed by atoms with Gasteiger partial charge in [0.1, 0.15) is 22.8 Å². The third kappa shape index (κ3) is 2.58. The number of hydrogen-bond donors (Lipinski definition) is 0. The van der Waals surface area contributed by atoms with Crippen LogP contribution in [0, 0.1) is 6.92 Å². The minimum atomic E-state index is -0.577. The summed E-state index contributed by atoms with van der Waals surface area (Å²) < 4.78 is 5.33. The molecule has 7 heteroatoms. The van der Waals surface area contributed by atoms with E-state index >= 15 is 0 Å².